The van der Waals surface area contributed by atoms with Crippen LogP contribution in [-0.4, -0.2) is 23.9 Å². The van der Waals surface area contributed by atoms with Gasteiger partial charge in [0.05, 0.1) is 5.03 Å². The normalized spacial score (nSPS) is 13.9. The van der Waals surface area contributed by atoms with Gasteiger partial charge in [-0.1, -0.05) is 29.3 Å². The third kappa shape index (κ3) is 2.99. The summed E-state index contributed by atoms with van der Waals surface area (Å²) >= 11 is 11.1. The Kier molecular flexibility index (Phi) is 5.25. The number of hydrogen-bond donors (Lipinski definition) is 2. The molecule has 0 aromatic carbocycles. The second kappa shape index (κ2) is 5.38. The second-order valence-corrected chi connectivity index (χ2v) is 2.62. The molecule has 0 radical (unpaired) electrons. The first kappa shape index (κ1) is 11.7. The van der Waals surface area contributed by atoms with Crippen LogP contribution in [0.2, 0.25) is 0 Å². The Morgan fingerprint density at radius 2 is 2.00 bits per heavy atom. The second-order valence-electron chi connectivity index (χ2n) is 1.88. The Morgan fingerprint density at radius 3 is 2.25 bits per heavy atom. The van der Waals surface area contributed by atoms with Crippen molar-refractivity contribution in [1.29, 1.82) is 0 Å². The summed E-state index contributed by atoms with van der Waals surface area (Å²) in [7, 11) is -1.65. The maximum atomic E-state index is 8.77. The molecular formula is C6H8BCl2NO2. The van der Waals surface area contributed by atoms with E-state index in [4.69, 9.17) is 33.2 Å². The molecule has 3 nitrogen and oxygen atoms in total. The molecule has 0 unspecified atom stereocenters. The Bertz CT molecular complexity index is 238. The summed E-state index contributed by atoms with van der Waals surface area (Å²) in [6.07, 6.45) is 1.43. The van der Waals surface area contributed by atoms with Gasteiger partial charge in [0.15, 0.2) is 0 Å². The van der Waals surface area contributed by atoms with E-state index in [0.29, 0.717) is 0 Å². The van der Waals surface area contributed by atoms with Crippen LogP contribution in [0.1, 0.15) is 6.92 Å². The molecule has 0 atom stereocenters. The third-order valence-corrected chi connectivity index (χ3v) is 1.97. The highest BCUT2D eigenvalue weighted by Gasteiger charge is 2.18. The zero-order chi connectivity index (χ0) is 9.72. The zero-order valence-corrected chi connectivity index (χ0v) is 7.97. The standard InChI is InChI=1S/C6H8BCl2NO2/c1-3-4(7(11)12)5(8)6(9)10-2/h3,11-12H,2H2,1H3/b4-3+,6-5+. The molecule has 0 rings (SSSR count). The quantitative estimate of drug-likeness (QED) is 0.317. The van der Waals surface area contributed by atoms with Crippen LogP contribution in [0.15, 0.2) is 26.7 Å². The molecule has 0 saturated carbocycles. The molecule has 0 aliphatic heterocycles. The van der Waals surface area contributed by atoms with Gasteiger partial charge >= 0.3 is 7.12 Å². The van der Waals surface area contributed by atoms with Gasteiger partial charge in [0, 0.05) is 0 Å². The van der Waals surface area contributed by atoms with Crippen LogP contribution in [0.25, 0.3) is 0 Å². The molecule has 0 fully saturated rings. The highest BCUT2D eigenvalue weighted by atomic mass is 35.5. The Labute approximate surface area is 81.2 Å². The predicted molar refractivity (Wildman–Crippen MR) is 52.2 cm³/mol. The van der Waals surface area contributed by atoms with Crippen molar-refractivity contribution in [2.75, 3.05) is 0 Å². The average molecular weight is 208 g/mol. The summed E-state index contributed by atoms with van der Waals surface area (Å²) in [6, 6.07) is 0. The minimum atomic E-state index is -1.65. The van der Waals surface area contributed by atoms with E-state index in [1.807, 2.05) is 0 Å². The highest BCUT2D eigenvalue weighted by molar-refractivity contribution is 6.58. The van der Waals surface area contributed by atoms with Crippen LogP contribution in [0.5, 0.6) is 0 Å². The van der Waals surface area contributed by atoms with Gasteiger partial charge in [-0.2, -0.15) is 0 Å². The predicted octanol–water partition coefficient (Wildman–Crippen LogP) is 1.29. The van der Waals surface area contributed by atoms with Gasteiger partial charge in [0.25, 0.3) is 0 Å². The number of aliphatic imine (C=N–C) groups is 1. The fourth-order valence-corrected chi connectivity index (χ4v) is 0.953. The number of allylic oxidation sites excluding steroid dienone is 3. The van der Waals surface area contributed by atoms with Gasteiger partial charge in [-0.25, -0.2) is 0 Å². The van der Waals surface area contributed by atoms with Crippen LogP contribution in [-0.2, 0) is 0 Å². The van der Waals surface area contributed by atoms with E-state index in [0.717, 1.165) is 0 Å². The van der Waals surface area contributed by atoms with Crippen molar-refractivity contribution >= 4 is 37.0 Å². The number of hydrogen-bond acceptors (Lipinski definition) is 3. The van der Waals surface area contributed by atoms with Gasteiger partial charge in [0.2, 0.25) is 0 Å². The van der Waals surface area contributed by atoms with Crippen LogP contribution >= 0.6 is 23.2 Å². The molecule has 0 spiro atoms. The van der Waals surface area contributed by atoms with E-state index in [9.17, 15) is 0 Å². The largest absolute Gasteiger partial charge is 0.489 e. The molecule has 0 aromatic heterocycles. The maximum absolute atomic E-state index is 8.77. The minimum Gasteiger partial charge on any atom is -0.423 e. The maximum Gasteiger partial charge on any atom is 0.489 e. The Morgan fingerprint density at radius 1 is 1.50 bits per heavy atom. The fraction of sp³-hybridized carbons (Fsp3) is 0.167. The SMILES string of the molecule is C=N/C(Cl)=C(Cl)\C(=C/C)B(O)O. The first-order valence-corrected chi connectivity index (χ1v) is 3.84. The lowest BCUT2D eigenvalue weighted by molar-refractivity contribution is 0.420. The van der Waals surface area contributed by atoms with Gasteiger partial charge in [-0.15, -0.1) is 0 Å². The van der Waals surface area contributed by atoms with Crippen LogP contribution in [0, 0.1) is 0 Å². The highest BCUT2D eigenvalue weighted by Crippen LogP contribution is 2.23. The first-order chi connectivity index (χ1) is 5.54. The van der Waals surface area contributed by atoms with Crippen molar-refractivity contribution in [3.8, 4) is 0 Å². The topological polar surface area (TPSA) is 52.8 Å². The van der Waals surface area contributed by atoms with E-state index in [1.165, 1.54) is 6.08 Å². The lowest BCUT2D eigenvalue weighted by Gasteiger charge is -2.03. The fourth-order valence-electron chi connectivity index (χ4n) is 0.578. The summed E-state index contributed by atoms with van der Waals surface area (Å²) in [5.74, 6) is 0. The molecule has 0 heterocycles. The van der Waals surface area contributed by atoms with E-state index in [2.05, 4.69) is 11.7 Å². The summed E-state index contributed by atoms with van der Waals surface area (Å²) in [4.78, 5) is 3.34. The molecule has 66 valence electrons. The molecule has 12 heavy (non-hydrogen) atoms. The van der Waals surface area contributed by atoms with Crippen LogP contribution in [0.4, 0.5) is 0 Å². The first-order valence-electron chi connectivity index (χ1n) is 3.09. The lowest BCUT2D eigenvalue weighted by Crippen LogP contribution is -2.15. The van der Waals surface area contributed by atoms with Crippen molar-refractivity contribution in [2.45, 2.75) is 6.92 Å². The monoisotopic (exact) mass is 207 g/mol. The van der Waals surface area contributed by atoms with Gasteiger partial charge < -0.3 is 10.0 Å². The number of nitrogens with zero attached hydrogens (tertiary/aromatic N) is 1. The molecular weight excluding hydrogens is 200 g/mol. The minimum absolute atomic E-state index is 0.0100. The Hall–Kier alpha value is -0.285. The molecule has 0 aliphatic rings. The van der Waals surface area contributed by atoms with Crippen molar-refractivity contribution in [3.05, 3.63) is 21.7 Å². The zero-order valence-electron chi connectivity index (χ0n) is 6.46. The molecule has 0 saturated heterocycles. The van der Waals surface area contributed by atoms with Crippen molar-refractivity contribution in [2.24, 2.45) is 4.99 Å². The Balaban J connectivity index is 4.89. The van der Waals surface area contributed by atoms with Crippen molar-refractivity contribution < 1.29 is 10.0 Å². The van der Waals surface area contributed by atoms with E-state index < -0.39 is 7.12 Å². The number of rotatable bonds is 3. The smallest absolute Gasteiger partial charge is 0.423 e. The van der Waals surface area contributed by atoms with Gasteiger partial charge in [0.1, 0.15) is 5.16 Å². The summed E-state index contributed by atoms with van der Waals surface area (Å²) < 4.78 is 0. The lowest BCUT2D eigenvalue weighted by atomic mass is 9.79. The molecule has 0 aliphatic carbocycles. The van der Waals surface area contributed by atoms with Crippen LogP contribution in [0.3, 0.4) is 0 Å². The molecule has 6 heteroatoms. The van der Waals surface area contributed by atoms with Gasteiger partial charge in [-0.05, 0) is 19.1 Å². The average Bonchev–Trinajstić information content (AvgIpc) is 2.03. The van der Waals surface area contributed by atoms with Gasteiger partial charge in [-0.3, -0.25) is 4.99 Å². The van der Waals surface area contributed by atoms with E-state index >= 15 is 0 Å². The summed E-state index contributed by atoms with van der Waals surface area (Å²) in [5.41, 5.74) is 0.106. The third-order valence-electron chi connectivity index (χ3n) is 1.16. The summed E-state index contributed by atoms with van der Waals surface area (Å²) in [5, 5.41) is 17.5. The molecule has 0 bridgehead atoms. The van der Waals surface area contributed by atoms with E-state index in [-0.39, 0.29) is 15.7 Å². The molecule has 2 N–H and O–H groups in total. The van der Waals surface area contributed by atoms with Crippen LogP contribution < -0.4 is 0 Å². The molecule has 0 amide bonds. The number of halogens is 2. The van der Waals surface area contributed by atoms with E-state index in [1.54, 1.807) is 6.92 Å². The van der Waals surface area contributed by atoms with Crippen molar-refractivity contribution in [3.63, 3.8) is 0 Å². The van der Waals surface area contributed by atoms with Crippen molar-refractivity contribution in [1.82, 2.24) is 0 Å². The molecule has 0 aromatic rings. The summed E-state index contributed by atoms with van der Waals surface area (Å²) in [6.45, 7) is 4.74.